The summed E-state index contributed by atoms with van der Waals surface area (Å²) in [6, 6.07) is 1.51. The molecule has 0 atom stereocenters. The summed E-state index contributed by atoms with van der Waals surface area (Å²) in [6.07, 6.45) is 1.26. The summed E-state index contributed by atoms with van der Waals surface area (Å²) in [5.41, 5.74) is 0.736. The van der Waals surface area contributed by atoms with Crippen molar-refractivity contribution in [2.75, 3.05) is 43.4 Å². The van der Waals surface area contributed by atoms with Crippen LogP contribution < -0.4 is 10.0 Å². The number of sulfonamides is 1. The minimum atomic E-state index is -3.44. The van der Waals surface area contributed by atoms with Gasteiger partial charge in [-0.3, -0.25) is 15.0 Å². The van der Waals surface area contributed by atoms with Crippen LogP contribution in [0.15, 0.2) is 12.3 Å². The fraction of sp³-hybridized carbons (Fsp3) is 0.583. The van der Waals surface area contributed by atoms with E-state index in [2.05, 4.69) is 4.98 Å². The second-order valence-corrected chi connectivity index (χ2v) is 7.02. The number of hydrogen-bond acceptors (Lipinski definition) is 7. The first-order chi connectivity index (χ1) is 10.3. The summed E-state index contributed by atoms with van der Waals surface area (Å²) >= 11 is 0. The lowest BCUT2D eigenvalue weighted by Gasteiger charge is -2.35. The van der Waals surface area contributed by atoms with Crippen molar-refractivity contribution in [2.45, 2.75) is 6.92 Å². The van der Waals surface area contributed by atoms with Crippen molar-refractivity contribution in [3.8, 4) is 0 Å². The highest BCUT2D eigenvalue weighted by Gasteiger charge is 2.21. The van der Waals surface area contributed by atoms with Gasteiger partial charge in [-0.15, -0.1) is 0 Å². The van der Waals surface area contributed by atoms with Crippen molar-refractivity contribution in [3.05, 3.63) is 27.9 Å². The Morgan fingerprint density at radius 2 is 2.00 bits per heavy atom. The molecule has 2 heterocycles. The lowest BCUT2D eigenvalue weighted by molar-refractivity contribution is -0.385. The van der Waals surface area contributed by atoms with Gasteiger partial charge in [0.05, 0.1) is 10.7 Å². The quantitative estimate of drug-likeness (QED) is 0.581. The second kappa shape index (κ2) is 6.55. The molecule has 1 fully saturated rings. The molecule has 0 amide bonds. The lowest BCUT2D eigenvalue weighted by atomic mass is 10.2. The Balaban J connectivity index is 1.95. The number of primary sulfonamides is 1. The van der Waals surface area contributed by atoms with Crippen molar-refractivity contribution in [1.29, 1.82) is 0 Å². The topological polar surface area (TPSA) is 123 Å². The molecule has 0 radical (unpaired) electrons. The maximum Gasteiger partial charge on any atom is 0.287 e. The van der Waals surface area contributed by atoms with Gasteiger partial charge in [0.25, 0.3) is 5.69 Å². The molecule has 0 aromatic carbocycles. The molecule has 1 aromatic heterocycles. The average Bonchev–Trinajstić information content (AvgIpc) is 2.45. The molecule has 2 rings (SSSR count). The van der Waals surface area contributed by atoms with Crippen LogP contribution in [-0.4, -0.2) is 61.7 Å². The van der Waals surface area contributed by atoms with Crippen molar-refractivity contribution in [1.82, 2.24) is 9.88 Å². The number of piperazine rings is 1. The van der Waals surface area contributed by atoms with Gasteiger partial charge in [-0.2, -0.15) is 0 Å². The van der Waals surface area contributed by atoms with E-state index in [4.69, 9.17) is 5.14 Å². The number of nitrogens with two attached hydrogens (primary N) is 1. The number of rotatable bonds is 5. The number of aromatic nitrogens is 1. The SMILES string of the molecule is Cc1cc([N+](=O)[O-])cnc1N1CCN(CCS(N)(=O)=O)CC1. The van der Waals surface area contributed by atoms with E-state index < -0.39 is 14.9 Å². The summed E-state index contributed by atoms with van der Waals surface area (Å²) in [5, 5.41) is 15.7. The van der Waals surface area contributed by atoms with E-state index in [1.807, 2.05) is 9.80 Å². The Kier molecular flexibility index (Phi) is 4.94. The summed E-state index contributed by atoms with van der Waals surface area (Å²) < 4.78 is 21.9. The maximum atomic E-state index is 11.0. The highest BCUT2D eigenvalue weighted by Crippen LogP contribution is 2.22. The molecule has 0 unspecified atom stereocenters. The van der Waals surface area contributed by atoms with Crippen LogP contribution in [0.3, 0.4) is 0 Å². The van der Waals surface area contributed by atoms with E-state index in [-0.39, 0.29) is 11.4 Å². The molecule has 0 aliphatic carbocycles. The predicted molar refractivity (Wildman–Crippen MR) is 82.3 cm³/mol. The van der Waals surface area contributed by atoms with Gasteiger partial charge in [0.1, 0.15) is 12.0 Å². The number of pyridine rings is 1. The minimum absolute atomic E-state index is 0.0203. The van der Waals surface area contributed by atoms with Crippen LogP contribution in [0.4, 0.5) is 11.5 Å². The smallest absolute Gasteiger partial charge is 0.287 e. The van der Waals surface area contributed by atoms with Crippen LogP contribution in [0.2, 0.25) is 0 Å². The lowest BCUT2D eigenvalue weighted by Crippen LogP contribution is -2.48. The fourth-order valence-electron chi connectivity index (χ4n) is 2.42. The third-order valence-corrected chi connectivity index (χ3v) is 4.36. The highest BCUT2D eigenvalue weighted by atomic mass is 32.2. The first-order valence-corrected chi connectivity index (χ1v) is 8.56. The third-order valence-electron chi connectivity index (χ3n) is 3.61. The van der Waals surface area contributed by atoms with Crippen LogP contribution in [0, 0.1) is 17.0 Å². The normalized spacial score (nSPS) is 16.7. The monoisotopic (exact) mass is 329 g/mol. The van der Waals surface area contributed by atoms with Crippen LogP contribution in [-0.2, 0) is 10.0 Å². The molecule has 9 nitrogen and oxygen atoms in total. The molecule has 22 heavy (non-hydrogen) atoms. The zero-order chi connectivity index (χ0) is 16.3. The van der Waals surface area contributed by atoms with E-state index in [9.17, 15) is 18.5 Å². The average molecular weight is 329 g/mol. The number of nitrogens with zero attached hydrogens (tertiary/aromatic N) is 4. The first kappa shape index (κ1) is 16.6. The Labute approximate surface area is 128 Å². The maximum absolute atomic E-state index is 11.0. The molecular weight excluding hydrogens is 310 g/mol. The molecule has 1 saturated heterocycles. The Bertz CT molecular complexity index is 655. The Hall–Kier alpha value is -1.78. The summed E-state index contributed by atoms with van der Waals surface area (Å²) in [5.74, 6) is 0.679. The van der Waals surface area contributed by atoms with Gasteiger partial charge < -0.3 is 4.90 Å². The summed E-state index contributed by atoms with van der Waals surface area (Å²) in [6.45, 7) is 5.00. The Morgan fingerprint density at radius 3 is 2.50 bits per heavy atom. The molecule has 1 aliphatic heterocycles. The highest BCUT2D eigenvalue weighted by molar-refractivity contribution is 7.89. The molecule has 0 saturated carbocycles. The molecule has 0 spiro atoms. The third kappa shape index (κ3) is 4.36. The summed E-state index contributed by atoms with van der Waals surface area (Å²) in [4.78, 5) is 18.5. The zero-order valence-corrected chi connectivity index (χ0v) is 13.1. The van der Waals surface area contributed by atoms with Crippen molar-refractivity contribution in [2.24, 2.45) is 5.14 Å². The van der Waals surface area contributed by atoms with Crippen LogP contribution in [0.25, 0.3) is 0 Å². The summed E-state index contributed by atoms with van der Waals surface area (Å²) in [7, 11) is -3.44. The van der Waals surface area contributed by atoms with E-state index in [0.29, 0.717) is 32.7 Å². The molecule has 122 valence electrons. The minimum Gasteiger partial charge on any atom is -0.354 e. The van der Waals surface area contributed by atoms with E-state index in [0.717, 1.165) is 11.4 Å². The predicted octanol–water partition coefficient (Wildman–Crippen LogP) is -0.291. The molecule has 0 bridgehead atoms. The molecule has 1 aliphatic rings. The van der Waals surface area contributed by atoms with Crippen molar-refractivity contribution in [3.63, 3.8) is 0 Å². The first-order valence-electron chi connectivity index (χ1n) is 6.85. The van der Waals surface area contributed by atoms with Crippen LogP contribution >= 0.6 is 0 Å². The van der Waals surface area contributed by atoms with Gasteiger partial charge >= 0.3 is 0 Å². The van der Waals surface area contributed by atoms with Crippen molar-refractivity contribution < 1.29 is 13.3 Å². The van der Waals surface area contributed by atoms with Crippen LogP contribution in [0.5, 0.6) is 0 Å². The standard InChI is InChI=1S/C12H19N5O4S/c1-10-8-11(17(18)19)9-14-12(10)16-4-2-15(3-5-16)6-7-22(13,20)21/h8-9H,2-7H2,1H3,(H2,13,20,21). The second-order valence-electron chi connectivity index (χ2n) is 5.29. The van der Waals surface area contributed by atoms with E-state index >= 15 is 0 Å². The molecular formula is C12H19N5O4S. The molecule has 10 heteroatoms. The van der Waals surface area contributed by atoms with Gasteiger partial charge in [-0.1, -0.05) is 0 Å². The fourth-order valence-corrected chi connectivity index (χ4v) is 2.94. The molecule has 2 N–H and O–H groups in total. The number of hydrogen-bond donors (Lipinski definition) is 1. The van der Waals surface area contributed by atoms with Gasteiger partial charge in [0, 0.05) is 38.8 Å². The van der Waals surface area contributed by atoms with Gasteiger partial charge in [0.15, 0.2) is 0 Å². The largest absolute Gasteiger partial charge is 0.354 e. The molecule has 1 aromatic rings. The zero-order valence-electron chi connectivity index (χ0n) is 12.3. The van der Waals surface area contributed by atoms with Gasteiger partial charge in [0.2, 0.25) is 10.0 Å². The van der Waals surface area contributed by atoms with Gasteiger partial charge in [-0.05, 0) is 12.5 Å². The van der Waals surface area contributed by atoms with Crippen LogP contribution in [0.1, 0.15) is 5.56 Å². The van der Waals surface area contributed by atoms with E-state index in [1.165, 1.54) is 12.3 Å². The van der Waals surface area contributed by atoms with Gasteiger partial charge in [-0.25, -0.2) is 18.5 Å². The number of nitro groups is 1. The van der Waals surface area contributed by atoms with E-state index in [1.54, 1.807) is 6.92 Å². The Morgan fingerprint density at radius 1 is 1.36 bits per heavy atom. The van der Waals surface area contributed by atoms with Crippen molar-refractivity contribution >= 4 is 21.5 Å². The number of aryl methyl sites for hydroxylation is 1. The number of anilines is 1.